The fourth-order valence-corrected chi connectivity index (χ4v) is 3.30. The normalized spacial score (nSPS) is 19.2. The zero-order valence-corrected chi connectivity index (χ0v) is 12.4. The van der Waals surface area contributed by atoms with Gasteiger partial charge in [0.1, 0.15) is 6.17 Å². The Morgan fingerprint density at radius 2 is 1.85 bits per heavy atom. The van der Waals surface area contributed by atoms with Crippen LogP contribution in [0.1, 0.15) is 32.4 Å². The lowest BCUT2D eigenvalue weighted by Crippen LogP contribution is -2.45. The smallest absolute Gasteiger partial charge is 0.260 e. The van der Waals surface area contributed by atoms with E-state index in [4.69, 9.17) is 0 Å². The molecule has 2 amide bonds. The van der Waals surface area contributed by atoms with Gasteiger partial charge in [-0.1, -0.05) is 18.2 Å². The van der Waals surface area contributed by atoms with Crippen molar-refractivity contribution in [3.05, 3.63) is 62.7 Å². The molecule has 2 heterocycles. The number of hydrogen-bond donors (Lipinski definition) is 1. The lowest BCUT2D eigenvalue weighted by molar-refractivity contribution is 0.0912. The number of carbonyl (C=O) groups excluding carboxylic acids is 2. The van der Waals surface area contributed by atoms with Gasteiger partial charge in [-0.2, -0.15) is 0 Å². The molecule has 0 spiro atoms. The largest absolute Gasteiger partial charge is 0.327 e. The maximum atomic E-state index is 12.6. The topological polar surface area (TPSA) is 49.4 Å². The number of rotatable bonds is 0. The van der Waals surface area contributed by atoms with Crippen LogP contribution in [0.5, 0.6) is 0 Å². The van der Waals surface area contributed by atoms with Crippen LogP contribution < -0.4 is 10.2 Å². The molecule has 0 aromatic heterocycles. The fourth-order valence-electron chi connectivity index (χ4n) is 2.81. The Balaban J connectivity index is 1.96. The summed E-state index contributed by atoms with van der Waals surface area (Å²) in [6, 6.07) is 12.9. The molecule has 0 saturated carbocycles. The van der Waals surface area contributed by atoms with Gasteiger partial charge in [0.15, 0.2) is 0 Å². The molecule has 20 heavy (non-hydrogen) atoms. The van der Waals surface area contributed by atoms with Gasteiger partial charge in [-0.3, -0.25) is 14.5 Å². The highest BCUT2D eigenvalue weighted by Crippen LogP contribution is 2.40. The van der Waals surface area contributed by atoms with Crippen LogP contribution >= 0.6 is 22.6 Å². The Hall–Kier alpha value is -1.89. The maximum absolute atomic E-state index is 12.6. The maximum Gasteiger partial charge on any atom is 0.260 e. The third-order valence-corrected chi connectivity index (χ3v) is 4.36. The summed E-state index contributed by atoms with van der Waals surface area (Å²) in [7, 11) is 0. The van der Waals surface area contributed by atoms with Gasteiger partial charge < -0.3 is 5.32 Å². The molecule has 0 saturated heterocycles. The van der Waals surface area contributed by atoms with Crippen LogP contribution in [0.25, 0.3) is 0 Å². The first-order chi connectivity index (χ1) is 9.66. The minimum absolute atomic E-state index is 0.0593. The predicted octanol–water partition coefficient (Wildman–Crippen LogP) is 2.69. The Labute approximate surface area is 128 Å². The van der Waals surface area contributed by atoms with E-state index in [0.717, 1.165) is 9.13 Å². The summed E-state index contributed by atoms with van der Waals surface area (Å²) >= 11 is 2.18. The summed E-state index contributed by atoms with van der Waals surface area (Å²) in [5.74, 6) is -0.197. The molecule has 2 aliphatic rings. The molecule has 2 aliphatic heterocycles. The first kappa shape index (κ1) is 11.9. The van der Waals surface area contributed by atoms with E-state index in [1.165, 1.54) is 0 Å². The van der Waals surface area contributed by atoms with E-state index in [2.05, 4.69) is 27.9 Å². The SMILES string of the molecule is O=C1N[C@@H]2c3ccc(I)cc3C(=O)N2c2ccccc21. The van der Waals surface area contributed by atoms with Gasteiger partial charge in [0.05, 0.1) is 11.3 Å². The van der Waals surface area contributed by atoms with Crippen molar-refractivity contribution < 1.29 is 9.59 Å². The van der Waals surface area contributed by atoms with Crippen LogP contribution in [0, 0.1) is 3.57 Å². The number of nitrogens with zero attached hydrogens (tertiary/aromatic N) is 1. The first-order valence-corrected chi connectivity index (χ1v) is 7.27. The van der Waals surface area contributed by atoms with Crippen molar-refractivity contribution in [3.8, 4) is 0 Å². The number of benzene rings is 2. The molecule has 2 aromatic carbocycles. The summed E-state index contributed by atoms with van der Waals surface area (Å²) in [4.78, 5) is 26.4. The average molecular weight is 376 g/mol. The quantitative estimate of drug-likeness (QED) is 0.719. The number of halogens is 1. The second kappa shape index (κ2) is 4.05. The summed E-state index contributed by atoms with van der Waals surface area (Å²) < 4.78 is 1.01. The Morgan fingerprint density at radius 3 is 2.70 bits per heavy atom. The minimum atomic E-state index is -0.392. The molecule has 0 aliphatic carbocycles. The molecule has 4 nitrogen and oxygen atoms in total. The molecule has 98 valence electrons. The van der Waals surface area contributed by atoms with Gasteiger partial charge >= 0.3 is 0 Å². The molecule has 0 radical (unpaired) electrons. The molecule has 5 heteroatoms. The van der Waals surface area contributed by atoms with Gasteiger partial charge in [0.2, 0.25) is 0 Å². The van der Waals surface area contributed by atoms with E-state index in [9.17, 15) is 9.59 Å². The Morgan fingerprint density at radius 1 is 1.05 bits per heavy atom. The molecule has 0 fully saturated rings. The van der Waals surface area contributed by atoms with Crippen LogP contribution in [-0.2, 0) is 0 Å². The summed E-state index contributed by atoms with van der Waals surface area (Å²) in [6.45, 7) is 0. The van der Waals surface area contributed by atoms with Crippen molar-refractivity contribution >= 4 is 40.1 Å². The zero-order chi connectivity index (χ0) is 13.9. The number of carbonyl (C=O) groups is 2. The van der Waals surface area contributed by atoms with Crippen molar-refractivity contribution in [2.75, 3.05) is 4.90 Å². The van der Waals surface area contributed by atoms with Crippen molar-refractivity contribution in [1.29, 1.82) is 0 Å². The van der Waals surface area contributed by atoms with Gasteiger partial charge in [0.25, 0.3) is 11.8 Å². The van der Waals surface area contributed by atoms with Gasteiger partial charge in [-0.25, -0.2) is 0 Å². The van der Waals surface area contributed by atoms with E-state index < -0.39 is 6.17 Å². The summed E-state index contributed by atoms with van der Waals surface area (Å²) in [6.07, 6.45) is -0.392. The molecule has 0 bridgehead atoms. The summed E-state index contributed by atoms with van der Waals surface area (Å²) in [5.41, 5.74) is 2.74. The fraction of sp³-hybridized carbons (Fsp3) is 0.0667. The third kappa shape index (κ3) is 1.46. The second-order valence-corrected chi connectivity index (χ2v) is 6.05. The van der Waals surface area contributed by atoms with E-state index in [1.54, 1.807) is 17.0 Å². The van der Waals surface area contributed by atoms with Crippen LogP contribution in [0.15, 0.2) is 42.5 Å². The first-order valence-electron chi connectivity index (χ1n) is 6.20. The Bertz CT molecular complexity index is 772. The zero-order valence-electron chi connectivity index (χ0n) is 10.3. The highest BCUT2D eigenvalue weighted by atomic mass is 127. The van der Waals surface area contributed by atoms with Crippen molar-refractivity contribution in [3.63, 3.8) is 0 Å². The third-order valence-electron chi connectivity index (χ3n) is 3.69. The molecular formula is C15H9IN2O2. The van der Waals surface area contributed by atoms with Gasteiger partial charge in [-0.15, -0.1) is 0 Å². The molecule has 1 atom stereocenters. The van der Waals surface area contributed by atoms with E-state index in [0.29, 0.717) is 16.8 Å². The lowest BCUT2D eigenvalue weighted by atomic mass is 10.1. The van der Waals surface area contributed by atoms with Crippen molar-refractivity contribution in [1.82, 2.24) is 5.32 Å². The van der Waals surface area contributed by atoms with Crippen LogP contribution in [0.3, 0.4) is 0 Å². The summed E-state index contributed by atoms with van der Waals surface area (Å²) in [5, 5.41) is 2.90. The minimum Gasteiger partial charge on any atom is -0.327 e. The standard InChI is InChI=1S/C15H9IN2O2/c16-8-5-6-9-11(7-8)15(20)18-12-4-2-1-3-10(12)14(19)17-13(9)18/h1-7,13H,(H,17,19)/t13-/m0/s1. The number of para-hydroxylation sites is 1. The highest BCUT2D eigenvalue weighted by molar-refractivity contribution is 14.1. The number of anilines is 1. The van der Waals surface area contributed by atoms with Crippen LogP contribution in [0.2, 0.25) is 0 Å². The van der Waals surface area contributed by atoms with Gasteiger partial charge in [0, 0.05) is 14.7 Å². The number of nitrogens with one attached hydrogen (secondary N) is 1. The molecule has 1 N–H and O–H groups in total. The average Bonchev–Trinajstić information content (AvgIpc) is 2.72. The van der Waals surface area contributed by atoms with E-state index in [1.807, 2.05) is 30.3 Å². The van der Waals surface area contributed by atoms with Crippen LogP contribution in [-0.4, -0.2) is 11.8 Å². The second-order valence-electron chi connectivity index (χ2n) is 4.80. The van der Waals surface area contributed by atoms with Gasteiger partial charge in [-0.05, 0) is 46.9 Å². The van der Waals surface area contributed by atoms with Crippen molar-refractivity contribution in [2.24, 2.45) is 0 Å². The van der Waals surface area contributed by atoms with Crippen molar-refractivity contribution in [2.45, 2.75) is 6.17 Å². The molecule has 4 rings (SSSR count). The lowest BCUT2D eigenvalue weighted by Gasteiger charge is -2.32. The molecule has 2 aromatic rings. The molecular weight excluding hydrogens is 367 g/mol. The highest BCUT2D eigenvalue weighted by Gasteiger charge is 2.43. The van der Waals surface area contributed by atoms with E-state index >= 15 is 0 Å². The number of hydrogen-bond acceptors (Lipinski definition) is 2. The predicted molar refractivity (Wildman–Crippen MR) is 82.6 cm³/mol. The Kier molecular flexibility index (Phi) is 2.41. The number of amides is 2. The number of fused-ring (bicyclic) bond motifs is 5. The van der Waals surface area contributed by atoms with E-state index in [-0.39, 0.29) is 11.8 Å². The monoisotopic (exact) mass is 376 g/mol. The van der Waals surface area contributed by atoms with Crippen LogP contribution in [0.4, 0.5) is 5.69 Å². The molecule has 0 unspecified atom stereocenters.